The minimum absolute atomic E-state index is 0.545. The summed E-state index contributed by atoms with van der Waals surface area (Å²) in [7, 11) is 0. The molecule has 2 aromatic rings. The number of likely N-dealkylation sites (N-methyl/N-ethyl adjacent to an activating group) is 1. The van der Waals surface area contributed by atoms with Crippen LogP contribution in [0.3, 0.4) is 0 Å². The van der Waals surface area contributed by atoms with Crippen molar-refractivity contribution in [1.29, 1.82) is 5.26 Å². The maximum Gasteiger partial charge on any atom is 0.133 e. The Labute approximate surface area is 147 Å². The number of nitriles is 1. The normalized spacial score (nSPS) is 15.5. The number of halogens is 1. The Morgan fingerprint density at radius 3 is 2.54 bits per heavy atom. The lowest BCUT2D eigenvalue weighted by Crippen LogP contribution is -2.47. The average molecular weight is 344 g/mol. The van der Waals surface area contributed by atoms with E-state index in [1.165, 1.54) is 0 Å². The molecule has 1 aliphatic heterocycles. The van der Waals surface area contributed by atoms with Crippen molar-refractivity contribution >= 4 is 23.1 Å². The summed E-state index contributed by atoms with van der Waals surface area (Å²) < 4.78 is 1.98. The summed E-state index contributed by atoms with van der Waals surface area (Å²) in [6.45, 7) is 7.63. The van der Waals surface area contributed by atoms with E-state index in [9.17, 15) is 5.26 Å². The van der Waals surface area contributed by atoms with Crippen LogP contribution >= 0.6 is 11.6 Å². The van der Waals surface area contributed by atoms with Crippen molar-refractivity contribution in [2.24, 2.45) is 0 Å². The Hall–Kier alpha value is -2.16. The van der Waals surface area contributed by atoms with Crippen molar-refractivity contribution in [3.63, 3.8) is 0 Å². The van der Waals surface area contributed by atoms with Gasteiger partial charge in [-0.25, -0.2) is 0 Å². The Morgan fingerprint density at radius 2 is 1.92 bits per heavy atom. The zero-order chi connectivity index (χ0) is 17.1. The number of hydrogen-bond donors (Lipinski definition) is 1. The fraction of sp³-hybridized carbons (Fsp3) is 0.389. The number of aromatic nitrogens is 1. The first-order chi connectivity index (χ1) is 11.6. The maximum atomic E-state index is 9.50. The Bertz CT molecular complexity index is 753. The van der Waals surface area contributed by atoms with Crippen LogP contribution in [-0.4, -0.2) is 42.2 Å². The molecule has 1 aliphatic rings. The van der Waals surface area contributed by atoms with Gasteiger partial charge in [0.25, 0.3) is 0 Å². The highest BCUT2D eigenvalue weighted by molar-refractivity contribution is 6.31. The lowest BCUT2D eigenvalue weighted by atomic mass is 10.2. The molecule has 0 radical (unpaired) electrons. The summed E-state index contributed by atoms with van der Waals surface area (Å²) in [4.78, 5) is 4.69. The number of piperazine rings is 1. The first-order valence-electron chi connectivity index (χ1n) is 8.23. The van der Waals surface area contributed by atoms with E-state index in [-0.39, 0.29) is 0 Å². The Balaban J connectivity index is 1.94. The highest BCUT2D eigenvalue weighted by Crippen LogP contribution is 2.30. The molecule has 0 amide bonds. The molecule has 0 unspecified atom stereocenters. The molecule has 1 saturated heterocycles. The van der Waals surface area contributed by atoms with E-state index in [0.717, 1.165) is 44.1 Å². The smallest absolute Gasteiger partial charge is 0.133 e. The van der Waals surface area contributed by atoms with Gasteiger partial charge in [-0.15, -0.1) is 0 Å². The number of nitrogens with zero attached hydrogens (tertiary/aromatic N) is 4. The second-order valence-corrected chi connectivity index (χ2v) is 6.43. The van der Waals surface area contributed by atoms with E-state index in [4.69, 9.17) is 17.3 Å². The minimum atomic E-state index is 0.545. The van der Waals surface area contributed by atoms with Gasteiger partial charge in [0.15, 0.2) is 0 Å². The number of anilines is 2. The SMILES string of the molecule is CCN1CCN(c2c(N)cc(C#N)n2Cc2ccccc2Cl)CC1. The van der Waals surface area contributed by atoms with Crippen LogP contribution in [0.1, 0.15) is 18.2 Å². The van der Waals surface area contributed by atoms with Gasteiger partial charge in [0, 0.05) is 31.2 Å². The zero-order valence-electron chi connectivity index (χ0n) is 13.9. The van der Waals surface area contributed by atoms with E-state index in [2.05, 4.69) is 22.8 Å². The fourth-order valence-corrected chi connectivity index (χ4v) is 3.43. The number of nitrogens with two attached hydrogens (primary N) is 1. The number of nitrogen functional groups attached to an aromatic ring is 1. The van der Waals surface area contributed by atoms with Gasteiger partial charge in [-0.05, 0) is 24.2 Å². The Kier molecular flexibility index (Phi) is 4.98. The van der Waals surface area contributed by atoms with Crippen molar-refractivity contribution in [3.8, 4) is 6.07 Å². The molecule has 2 heterocycles. The molecule has 5 nitrogen and oxygen atoms in total. The van der Waals surface area contributed by atoms with Crippen molar-refractivity contribution in [2.75, 3.05) is 43.4 Å². The zero-order valence-corrected chi connectivity index (χ0v) is 14.6. The molecule has 0 spiro atoms. The predicted molar refractivity (Wildman–Crippen MR) is 98.4 cm³/mol. The van der Waals surface area contributed by atoms with Gasteiger partial charge in [0.2, 0.25) is 0 Å². The number of hydrogen-bond acceptors (Lipinski definition) is 4. The van der Waals surface area contributed by atoms with Crippen LogP contribution in [0.15, 0.2) is 30.3 Å². The summed E-state index contributed by atoms with van der Waals surface area (Å²) in [5.41, 5.74) is 8.46. The van der Waals surface area contributed by atoms with Gasteiger partial charge >= 0.3 is 0 Å². The van der Waals surface area contributed by atoms with E-state index >= 15 is 0 Å². The number of benzene rings is 1. The number of rotatable bonds is 4. The third-order valence-electron chi connectivity index (χ3n) is 4.62. The predicted octanol–water partition coefficient (Wildman–Crippen LogP) is 2.79. The first-order valence-corrected chi connectivity index (χ1v) is 8.61. The highest BCUT2D eigenvalue weighted by Gasteiger charge is 2.23. The van der Waals surface area contributed by atoms with E-state index in [0.29, 0.717) is 22.9 Å². The molecule has 1 fully saturated rings. The highest BCUT2D eigenvalue weighted by atomic mass is 35.5. The first kappa shape index (κ1) is 16.7. The molecule has 2 N–H and O–H groups in total. The van der Waals surface area contributed by atoms with Crippen molar-refractivity contribution in [1.82, 2.24) is 9.47 Å². The van der Waals surface area contributed by atoms with Crippen LogP contribution < -0.4 is 10.6 Å². The molecule has 1 aromatic heterocycles. The fourth-order valence-electron chi connectivity index (χ4n) is 3.24. The third-order valence-corrected chi connectivity index (χ3v) is 4.99. The molecule has 24 heavy (non-hydrogen) atoms. The van der Waals surface area contributed by atoms with Crippen molar-refractivity contribution < 1.29 is 0 Å². The van der Waals surface area contributed by atoms with Crippen LogP contribution in [0.25, 0.3) is 0 Å². The summed E-state index contributed by atoms with van der Waals surface area (Å²) >= 11 is 6.30. The molecular weight excluding hydrogens is 322 g/mol. The van der Waals surface area contributed by atoms with E-state index in [1.54, 1.807) is 6.07 Å². The van der Waals surface area contributed by atoms with Gasteiger partial charge in [0.1, 0.15) is 17.6 Å². The van der Waals surface area contributed by atoms with Crippen molar-refractivity contribution in [2.45, 2.75) is 13.5 Å². The topological polar surface area (TPSA) is 61.2 Å². The minimum Gasteiger partial charge on any atom is -0.396 e. The maximum absolute atomic E-state index is 9.50. The molecule has 6 heteroatoms. The monoisotopic (exact) mass is 343 g/mol. The van der Waals surface area contributed by atoms with E-state index in [1.807, 2.05) is 28.8 Å². The molecule has 0 atom stereocenters. The van der Waals surface area contributed by atoms with E-state index < -0.39 is 0 Å². The summed E-state index contributed by atoms with van der Waals surface area (Å²) in [5.74, 6) is 0.933. The van der Waals surface area contributed by atoms with Gasteiger partial charge < -0.3 is 20.1 Å². The van der Waals surface area contributed by atoms with Gasteiger partial charge in [-0.3, -0.25) is 0 Å². The molecule has 1 aromatic carbocycles. The molecule has 0 aliphatic carbocycles. The molecule has 0 bridgehead atoms. The van der Waals surface area contributed by atoms with Gasteiger partial charge in [-0.1, -0.05) is 36.7 Å². The van der Waals surface area contributed by atoms with Crippen LogP contribution in [0.4, 0.5) is 11.5 Å². The summed E-state index contributed by atoms with van der Waals surface area (Å²) in [5, 5.41) is 10.2. The Morgan fingerprint density at radius 1 is 1.21 bits per heavy atom. The van der Waals surface area contributed by atoms with Crippen LogP contribution in [0, 0.1) is 11.3 Å². The second kappa shape index (κ2) is 7.16. The van der Waals surface area contributed by atoms with Gasteiger partial charge in [0.05, 0.1) is 12.2 Å². The molecule has 126 valence electrons. The largest absolute Gasteiger partial charge is 0.396 e. The standard InChI is InChI=1S/C18H22ClN5/c1-2-22-7-9-23(10-8-22)18-17(21)11-15(12-20)24(18)13-14-5-3-4-6-16(14)19/h3-6,11H,2,7-10,13,21H2,1H3. The quantitative estimate of drug-likeness (QED) is 0.927. The van der Waals surface area contributed by atoms with Crippen LogP contribution in [0.5, 0.6) is 0 Å². The van der Waals surface area contributed by atoms with Crippen molar-refractivity contribution in [3.05, 3.63) is 46.6 Å². The summed E-state index contributed by atoms with van der Waals surface area (Å²) in [6.07, 6.45) is 0. The lowest BCUT2D eigenvalue weighted by molar-refractivity contribution is 0.270. The average Bonchev–Trinajstić information content (AvgIpc) is 2.92. The van der Waals surface area contributed by atoms with Crippen LogP contribution in [-0.2, 0) is 6.54 Å². The molecular formula is C18H22ClN5. The summed E-state index contributed by atoms with van der Waals surface area (Å²) in [6, 6.07) is 11.7. The van der Waals surface area contributed by atoms with Gasteiger partial charge in [-0.2, -0.15) is 5.26 Å². The lowest BCUT2D eigenvalue weighted by Gasteiger charge is -2.36. The molecule has 0 saturated carbocycles. The second-order valence-electron chi connectivity index (χ2n) is 6.02. The third kappa shape index (κ3) is 3.21. The van der Waals surface area contributed by atoms with Crippen LogP contribution in [0.2, 0.25) is 5.02 Å². The molecule has 3 rings (SSSR count).